The molecule has 114 valence electrons. The predicted octanol–water partition coefficient (Wildman–Crippen LogP) is 4.06. The van der Waals surface area contributed by atoms with Crippen LogP contribution >= 0.6 is 11.3 Å². The van der Waals surface area contributed by atoms with Crippen molar-refractivity contribution in [1.82, 2.24) is 5.43 Å². The smallest absolute Gasteiger partial charge is 0.124 e. The molecule has 0 spiro atoms. The van der Waals surface area contributed by atoms with Crippen LogP contribution in [0, 0.1) is 0 Å². The highest BCUT2D eigenvalue weighted by Gasteiger charge is 2.15. The van der Waals surface area contributed by atoms with Crippen LogP contribution in [-0.2, 0) is 6.42 Å². The number of hydrazine groups is 1. The molecule has 1 atom stereocenters. The van der Waals surface area contributed by atoms with E-state index in [1.807, 2.05) is 43.4 Å². The maximum absolute atomic E-state index is 5.89. The average molecular weight is 304 g/mol. The lowest BCUT2D eigenvalue weighted by Gasteiger charge is -2.21. The number of thiophene rings is 1. The molecule has 0 aliphatic heterocycles. The van der Waals surface area contributed by atoms with Crippen molar-refractivity contribution >= 4 is 11.3 Å². The lowest BCUT2D eigenvalue weighted by atomic mass is 10.00. The molecule has 3 nitrogen and oxygen atoms in total. The summed E-state index contributed by atoms with van der Waals surface area (Å²) in [7, 11) is 0. The molecule has 4 heteroatoms. The standard InChI is InChI=1S/C17H24N2OS/c1-13(2)20-17-11-4-3-9-15(17)16(19-18)10-5-7-14-8-6-12-21-14/h3-4,6,8-9,11-13,16,19H,5,7,10,18H2,1-2H3. The van der Waals surface area contributed by atoms with Gasteiger partial charge in [-0.1, -0.05) is 24.3 Å². The monoisotopic (exact) mass is 304 g/mol. The molecule has 0 bridgehead atoms. The number of hydrogen-bond acceptors (Lipinski definition) is 4. The van der Waals surface area contributed by atoms with Gasteiger partial charge in [0.1, 0.15) is 5.75 Å². The molecule has 1 aromatic carbocycles. The first-order chi connectivity index (χ1) is 10.2. The van der Waals surface area contributed by atoms with Crippen LogP contribution in [0.1, 0.15) is 43.2 Å². The SMILES string of the molecule is CC(C)Oc1ccccc1C(CCCc1cccs1)NN. The Morgan fingerprint density at radius 2 is 2.00 bits per heavy atom. The molecule has 0 saturated heterocycles. The minimum Gasteiger partial charge on any atom is -0.491 e. The fourth-order valence-electron chi connectivity index (χ4n) is 2.39. The van der Waals surface area contributed by atoms with Crippen molar-refractivity contribution < 1.29 is 4.74 Å². The summed E-state index contributed by atoms with van der Waals surface area (Å²) in [6, 6.07) is 12.6. The van der Waals surface area contributed by atoms with E-state index in [1.54, 1.807) is 0 Å². The Hall–Kier alpha value is -1.36. The molecule has 2 rings (SSSR count). The summed E-state index contributed by atoms with van der Waals surface area (Å²) < 4.78 is 5.89. The quantitative estimate of drug-likeness (QED) is 0.571. The number of hydrogen-bond donors (Lipinski definition) is 2. The highest BCUT2D eigenvalue weighted by atomic mass is 32.1. The number of aryl methyl sites for hydroxylation is 1. The van der Waals surface area contributed by atoms with Crippen LogP contribution in [0.5, 0.6) is 5.75 Å². The fourth-order valence-corrected chi connectivity index (χ4v) is 3.14. The lowest BCUT2D eigenvalue weighted by molar-refractivity contribution is 0.237. The molecule has 3 N–H and O–H groups in total. The summed E-state index contributed by atoms with van der Waals surface area (Å²) in [5, 5.41) is 2.12. The van der Waals surface area contributed by atoms with Gasteiger partial charge in [0.15, 0.2) is 0 Å². The molecule has 1 heterocycles. The molecule has 2 aromatic rings. The van der Waals surface area contributed by atoms with Crippen molar-refractivity contribution in [2.75, 3.05) is 0 Å². The maximum Gasteiger partial charge on any atom is 0.124 e. The van der Waals surface area contributed by atoms with Gasteiger partial charge < -0.3 is 4.74 Å². The van der Waals surface area contributed by atoms with Gasteiger partial charge in [0, 0.05) is 16.5 Å². The van der Waals surface area contributed by atoms with E-state index >= 15 is 0 Å². The Morgan fingerprint density at radius 1 is 1.19 bits per heavy atom. The Morgan fingerprint density at radius 3 is 2.67 bits per heavy atom. The van der Waals surface area contributed by atoms with Crippen LogP contribution in [0.2, 0.25) is 0 Å². The van der Waals surface area contributed by atoms with Crippen LogP contribution in [0.15, 0.2) is 41.8 Å². The second-order valence-corrected chi connectivity index (χ2v) is 6.43. The van der Waals surface area contributed by atoms with E-state index in [-0.39, 0.29) is 12.1 Å². The van der Waals surface area contributed by atoms with Crippen LogP contribution in [-0.4, -0.2) is 6.10 Å². The van der Waals surface area contributed by atoms with Gasteiger partial charge in [-0.05, 0) is 50.6 Å². The first-order valence-electron chi connectivity index (χ1n) is 7.44. The molecule has 0 aliphatic rings. The second-order valence-electron chi connectivity index (χ2n) is 5.40. The van der Waals surface area contributed by atoms with Gasteiger partial charge in [0.05, 0.1) is 6.10 Å². The third kappa shape index (κ3) is 4.84. The zero-order valence-electron chi connectivity index (χ0n) is 12.7. The molecule has 0 amide bonds. The number of nitrogens with two attached hydrogens (primary N) is 1. The van der Waals surface area contributed by atoms with Gasteiger partial charge in [0.25, 0.3) is 0 Å². The van der Waals surface area contributed by atoms with Gasteiger partial charge in [-0.15, -0.1) is 11.3 Å². The second kappa shape index (κ2) is 8.17. The number of rotatable bonds is 8. The number of benzene rings is 1. The normalized spacial score (nSPS) is 12.6. The van der Waals surface area contributed by atoms with E-state index in [0.29, 0.717) is 0 Å². The van der Waals surface area contributed by atoms with Gasteiger partial charge in [0.2, 0.25) is 0 Å². The van der Waals surface area contributed by atoms with Gasteiger partial charge in [-0.25, -0.2) is 0 Å². The third-order valence-corrected chi connectivity index (χ3v) is 4.29. The topological polar surface area (TPSA) is 47.3 Å². The van der Waals surface area contributed by atoms with Gasteiger partial charge in [-0.2, -0.15) is 0 Å². The Bertz CT molecular complexity index is 525. The molecular weight excluding hydrogens is 280 g/mol. The van der Waals surface area contributed by atoms with Crippen LogP contribution in [0.3, 0.4) is 0 Å². The summed E-state index contributed by atoms with van der Waals surface area (Å²) in [6.45, 7) is 4.08. The highest BCUT2D eigenvalue weighted by molar-refractivity contribution is 7.09. The molecular formula is C17H24N2OS. The first kappa shape index (κ1) is 16.0. The number of ether oxygens (including phenoxy) is 1. The summed E-state index contributed by atoms with van der Waals surface area (Å²) in [5.74, 6) is 6.68. The van der Waals surface area contributed by atoms with Crippen molar-refractivity contribution in [3.63, 3.8) is 0 Å². The third-order valence-electron chi connectivity index (χ3n) is 3.35. The van der Waals surface area contributed by atoms with E-state index in [4.69, 9.17) is 10.6 Å². The van der Waals surface area contributed by atoms with Crippen molar-refractivity contribution in [3.05, 3.63) is 52.2 Å². The Balaban J connectivity index is 1.99. The highest BCUT2D eigenvalue weighted by Crippen LogP contribution is 2.29. The molecule has 0 saturated carbocycles. The lowest BCUT2D eigenvalue weighted by Crippen LogP contribution is -2.28. The van der Waals surface area contributed by atoms with E-state index < -0.39 is 0 Å². The molecule has 0 aliphatic carbocycles. The van der Waals surface area contributed by atoms with Crippen molar-refractivity contribution in [3.8, 4) is 5.75 Å². The van der Waals surface area contributed by atoms with Crippen LogP contribution in [0.4, 0.5) is 0 Å². The fraction of sp³-hybridized carbons (Fsp3) is 0.412. The van der Waals surface area contributed by atoms with E-state index in [1.165, 1.54) is 4.88 Å². The summed E-state index contributed by atoms with van der Waals surface area (Å²) in [5.41, 5.74) is 4.07. The Kier molecular flexibility index (Phi) is 6.23. The van der Waals surface area contributed by atoms with Gasteiger partial charge in [-0.3, -0.25) is 11.3 Å². The van der Waals surface area contributed by atoms with Gasteiger partial charge >= 0.3 is 0 Å². The largest absolute Gasteiger partial charge is 0.491 e. The summed E-state index contributed by atoms with van der Waals surface area (Å²) >= 11 is 1.81. The van der Waals surface area contributed by atoms with E-state index in [0.717, 1.165) is 30.6 Å². The molecule has 1 aromatic heterocycles. The summed E-state index contributed by atoms with van der Waals surface area (Å²) in [6.07, 6.45) is 3.36. The average Bonchev–Trinajstić information content (AvgIpc) is 2.97. The number of para-hydroxylation sites is 1. The first-order valence-corrected chi connectivity index (χ1v) is 8.32. The number of nitrogens with one attached hydrogen (secondary N) is 1. The summed E-state index contributed by atoms with van der Waals surface area (Å²) in [4.78, 5) is 1.43. The molecule has 21 heavy (non-hydrogen) atoms. The minimum atomic E-state index is 0.125. The molecule has 1 unspecified atom stereocenters. The predicted molar refractivity (Wildman–Crippen MR) is 89.5 cm³/mol. The molecule has 0 radical (unpaired) electrons. The zero-order chi connectivity index (χ0) is 15.1. The maximum atomic E-state index is 5.89. The molecule has 0 fully saturated rings. The van der Waals surface area contributed by atoms with Crippen molar-refractivity contribution in [2.24, 2.45) is 5.84 Å². The van der Waals surface area contributed by atoms with Crippen LogP contribution < -0.4 is 16.0 Å². The Labute approximate surface area is 131 Å². The van der Waals surface area contributed by atoms with Crippen molar-refractivity contribution in [2.45, 2.75) is 45.3 Å². The zero-order valence-corrected chi connectivity index (χ0v) is 13.5. The van der Waals surface area contributed by atoms with Crippen molar-refractivity contribution in [1.29, 1.82) is 0 Å². The van der Waals surface area contributed by atoms with E-state index in [9.17, 15) is 0 Å². The minimum absolute atomic E-state index is 0.125. The van der Waals surface area contributed by atoms with Crippen LogP contribution in [0.25, 0.3) is 0 Å². The van der Waals surface area contributed by atoms with E-state index in [2.05, 4.69) is 29.0 Å².